The van der Waals surface area contributed by atoms with Gasteiger partial charge in [-0.3, -0.25) is 4.98 Å². The van der Waals surface area contributed by atoms with E-state index in [-0.39, 0.29) is 5.75 Å². The largest absolute Gasteiger partial charge is 0.506 e. The summed E-state index contributed by atoms with van der Waals surface area (Å²) in [5.74, 6) is 0.100. The van der Waals surface area contributed by atoms with Crippen LogP contribution in [0.1, 0.15) is 0 Å². The second-order valence-electron chi connectivity index (χ2n) is 5.12. The minimum Gasteiger partial charge on any atom is -0.506 e. The van der Waals surface area contributed by atoms with Crippen LogP contribution < -0.4 is 4.90 Å². The molecule has 22 heavy (non-hydrogen) atoms. The number of fused-ring (bicyclic) bond motifs is 1. The molecule has 2 aromatic carbocycles. The van der Waals surface area contributed by atoms with E-state index in [4.69, 9.17) is 0 Å². The number of phenols is 1. The van der Waals surface area contributed by atoms with Crippen molar-refractivity contribution in [2.75, 3.05) is 19.0 Å². The number of anilines is 1. The molecule has 0 saturated carbocycles. The fraction of sp³-hybridized carbons (Fsp3) is 0.118. The van der Waals surface area contributed by atoms with E-state index in [9.17, 15) is 5.11 Å². The van der Waals surface area contributed by atoms with Crippen molar-refractivity contribution in [1.29, 1.82) is 0 Å². The molecule has 0 amide bonds. The second-order valence-corrected chi connectivity index (χ2v) is 5.12. The van der Waals surface area contributed by atoms with Crippen LogP contribution in [0.4, 0.5) is 17.1 Å². The van der Waals surface area contributed by atoms with E-state index in [1.165, 1.54) is 0 Å². The van der Waals surface area contributed by atoms with Crippen LogP contribution in [-0.4, -0.2) is 24.2 Å². The normalized spacial score (nSPS) is 11.2. The minimum atomic E-state index is 0.100. The number of aromatic hydroxyl groups is 1. The first-order valence-corrected chi connectivity index (χ1v) is 6.91. The highest BCUT2D eigenvalue weighted by molar-refractivity contribution is 5.88. The molecule has 5 nitrogen and oxygen atoms in total. The minimum absolute atomic E-state index is 0.100. The maximum atomic E-state index is 10.0. The monoisotopic (exact) mass is 292 g/mol. The molecule has 0 unspecified atom stereocenters. The summed E-state index contributed by atoms with van der Waals surface area (Å²) in [6.07, 6.45) is 1.73. The Bertz CT molecular complexity index is 838. The average molecular weight is 292 g/mol. The molecular weight excluding hydrogens is 276 g/mol. The third-order valence-corrected chi connectivity index (χ3v) is 3.35. The van der Waals surface area contributed by atoms with Crippen molar-refractivity contribution in [1.82, 2.24) is 4.98 Å². The highest BCUT2D eigenvalue weighted by Crippen LogP contribution is 2.32. The lowest BCUT2D eigenvalue weighted by Gasteiger charge is -2.12. The molecular formula is C17H16N4O. The Balaban J connectivity index is 1.96. The zero-order valence-corrected chi connectivity index (χ0v) is 12.4. The molecule has 0 atom stereocenters. The number of pyridine rings is 1. The predicted molar refractivity (Wildman–Crippen MR) is 88.4 cm³/mol. The van der Waals surface area contributed by atoms with Crippen molar-refractivity contribution in [2.24, 2.45) is 10.2 Å². The zero-order valence-electron chi connectivity index (χ0n) is 12.4. The first-order chi connectivity index (χ1) is 10.6. The molecule has 0 radical (unpaired) electrons. The highest BCUT2D eigenvalue weighted by atomic mass is 16.3. The fourth-order valence-corrected chi connectivity index (χ4v) is 2.15. The number of rotatable bonds is 3. The number of phenolic OH excluding ortho intramolecular Hbond substituents is 1. The summed E-state index contributed by atoms with van der Waals surface area (Å²) in [5.41, 5.74) is 2.80. The maximum Gasteiger partial charge on any atom is 0.145 e. The summed E-state index contributed by atoms with van der Waals surface area (Å²) in [5, 5.41) is 19.4. The van der Waals surface area contributed by atoms with Crippen LogP contribution in [0.25, 0.3) is 10.9 Å². The topological polar surface area (TPSA) is 61.1 Å². The Kier molecular flexibility index (Phi) is 3.70. The molecule has 1 heterocycles. The molecule has 3 aromatic rings. The van der Waals surface area contributed by atoms with Gasteiger partial charge in [0.05, 0.1) is 5.52 Å². The summed E-state index contributed by atoms with van der Waals surface area (Å²) in [6.45, 7) is 0. The summed E-state index contributed by atoms with van der Waals surface area (Å²) in [6, 6.07) is 14.9. The Morgan fingerprint density at radius 1 is 0.955 bits per heavy atom. The molecule has 0 saturated heterocycles. The third-order valence-electron chi connectivity index (χ3n) is 3.35. The lowest BCUT2D eigenvalue weighted by molar-refractivity contribution is 0.476. The highest BCUT2D eigenvalue weighted by Gasteiger charge is 2.04. The lowest BCUT2D eigenvalue weighted by Crippen LogP contribution is -2.07. The van der Waals surface area contributed by atoms with Gasteiger partial charge in [-0.15, -0.1) is 10.2 Å². The summed E-state index contributed by atoms with van der Waals surface area (Å²) in [4.78, 5) is 6.24. The van der Waals surface area contributed by atoms with Gasteiger partial charge in [-0.1, -0.05) is 18.2 Å². The third kappa shape index (κ3) is 2.74. The zero-order chi connectivity index (χ0) is 15.5. The Morgan fingerprint density at radius 3 is 2.50 bits per heavy atom. The van der Waals surface area contributed by atoms with Gasteiger partial charge in [-0.25, -0.2) is 0 Å². The van der Waals surface area contributed by atoms with Crippen LogP contribution >= 0.6 is 0 Å². The van der Waals surface area contributed by atoms with Gasteiger partial charge in [0.15, 0.2) is 0 Å². The Labute approximate surface area is 128 Å². The summed E-state index contributed by atoms with van der Waals surface area (Å²) >= 11 is 0. The van der Waals surface area contributed by atoms with Crippen LogP contribution in [0.5, 0.6) is 5.75 Å². The molecule has 0 aliphatic rings. The molecule has 0 aliphatic carbocycles. The lowest BCUT2D eigenvalue weighted by atomic mass is 10.2. The van der Waals surface area contributed by atoms with Crippen LogP contribution in [0.2, 0.25) is 0 Å². The molecule has 0 aliphatic heterocycles. The standard InChI is InChI=1S/C17H16N4O/c1-21(2)13-8-9-14(16(22)11-13)19-20-15-7-3-5-12-6-4-10-18-17(12)15/h3-11,22H,1-2H3. The summed E-state index contributed by atoms with van der Waals surface area (Å²) < 4.78 is 0. The van der Waals surface area contributed by atoms with Crippen molar-refractivity contribution < 1.29 is 5.11 Å². The van der Waals surface area contributed by atoms with Gasteiger partial charge >= 0.3 is 0 Å². The number of nitrogens with zero attached hydrogens (tertiary/aromatic N) is 4. The van der Waals surface area contributed by atoms with Crippen molar-refractivity contribution in [3.63, 3.8) is 0 Å². The number of para-hydroxylation sites is 1. The predicted octanol–water partition coefficient (Wildman–Crippen LogP) is 4.42. The number of hydrogen-bond acceptors (Lipinski definition) is 5. The summed E-state index contributed by atoms with van der Waals surface area (Å²) in [7, 11) is 3.83. The molecule has 5 heteroatoms. The molecule has 3 rings (SSSR count). The molecule has 1 N–H and O–H groups in total. The van der Waals surface area contributed by atoms with Gasteiger partial charge in [0.2, 0.25) is 0 Å². The molecule has 0 bridgehead atoms. The van der Waals surface area contributed by atoms with Gasteiger partial charge in [0.25, 0.3) is 0 Å². The van der Waals surface area contributed by atoms with E-state index >= 15 is 0 Å². The van der Waals surface area contributed by atoms with Crippen molar-refractivity contribution in [3.05, 3.63) is 54.7 Å². The van der Waals surface area contributed by atoms with Crippen LogP contribution in [0.3, 0.4) is 0 Å². The van der Waals surface area contributed by atoms with Gasteiger partial charge in [0, 0.05) is 37.4 Å². The van der Waals surface area contributed by atoms with E-state index < -0.39 is 0 Å². The van der Waals surface area contributed by atoms with E-state index in [1.807, 2.05) is 55.4 Å². The second kappa shape index (κ2) is 5.81. The van der Waals surface area contributed by atoms with Crippen LogP contribution in [0, 0.1) is 0 Å². The van der Waals surface area contributed by atoms with Gasteiger partial charge in [0.1, 0.15) is 17.1 Å². The quantitative estimate of drug-likeness (QED) is 0.727. The van der Waals surface area contributed by atoms with Crippen LogP contribution in [-0.2, 0) is 0 Å². The van der Waals surface area contributed by atoms with Crippen molar-refractivity contribution in [2.45, 2.75) is 0 Å². The number of aromatic nitrogens is 1. The molecule has 1 aromatic heterocycles. The van der Waals surface area contributed by atoms with E-state index in [0.717, 1.165) is 16.6 Å². The maximum absolute atomic E-state index is 10.0. The van der Waals surface area contributed by atoms with Gasteiger partial charge in [-0.05, 0) is 24.3 Å². The van der Waals surface area contributed by atoms with Gasteiger partial charge in [-0.2, -0.15) is 0 Å². The van der Waals surface area contributed by atoms with Gasteiger partial charge < -0.3 is 10.0 Å². The molecule has 0 fully saturated rings. The molecule has 0 spiro atoms. The smallest absolute Gasteiger partial charge is 0.145 e. The Morgan fingerprint density at radius 2 is 1.73 bits per heavy atom. The first-order valence-electron chi connectivity index (χ1n) is 6.91. The van der Waals surface area contributed by atoms with E-state index in [0.29, 0.717) is 11.4 Å². The first kappa shape index (κ1) is 14.0. The van der Waals surface area contributed by atoms with E-state index in [1.54, 1.807) is 18.3 Å². The SMILES string of the molecule is CN(C)c1ccc(N=Nc2cccc3cccnc23)c(O)c1. The molecule has 110 valence electrons. The number of benzene rings is 2. The van der Waals surface area contributed by atoms with E-state index in [2.05, 4.69) is 15.2 Å². The van der Waals surface area contributed by atoms with Crippen molar-refractivity contribution in [3.8, 4) is 5.75 Å². The van der Waals surface area contributed by atoms with Crippen molar-refractivity contribution >= 4 is 28.0 Å². The van der Waals surface area contributed by atoms with Crippen LogP contribution in [0.15, 0.2) is 65.0 Å². The number of azo groups is 1. The Hall–Kier alpha value is -2.95. The number of hydrogen-bond donors (Lipinski definition) is 1. The average Bonchev–Trinajstić information content (AvgIpc) is 2.53. The fourth-order valence-electron chi connectivity index (χ4n) is 2.15.